The van der Waals surface area contributed by atoms with E-state index in [9.17, 15) is 4.79 Å². The van der Waals surface area contributed by atoms with Crippen LogP contribution < -0.4 is 0 Å². The van der Waals surface area contributed by atoms with Crippen LogP contribution >= 0.6 is 0 Å². The highest BCUT2D eigenvalue weighted by Crippen LogP contribution is 1.95. The van der Waals surface area contributed by atoms with Gasteiger partial charge >= 0.3 is 5.97 Å². The first-order chi connectivity index (χ1) is 8.10. The Labute approximate surface area is 106 Å². The molecule has 0 saturated heterocycles. The van der Waals surface area contributed by atoms with Gasteiger partial charge in [-0.25, -0.2) is 0 Å². The summed E-state index contributed by atoms with van der Waals surface area (Å²) in [6.45, 7) is 8.05. The quantitative estimate of drug-likeness (QED) is 0.432. The fourth-order valence-electron chi connectivity index (χ4n) is 1.49. The van der Waals surface area contributed by atoms with Gasteiger partial charge < -0.3 is 9.64 Å². The molecule has 0 radical (unpaired) electrons. The molecule has 0 saturated carbocycles. The van der Waals surface area contributed by atoms with Crippen molar-refractivity contribution >= 4 is 5.97 Å². The Bertz CT molecular complexity index is 196. The van der Waals surface area contributed by atoms with Crippen LogP contribution in [0.1, 0.15) is 33.1 Å². The van der Waals surface area contributed by atoms with Crippen molar-refractivity contribution in [2.24, 2.45) is 0 Å². The van der Waals surface area contributed by atoms with Crippen LogP contribution in [0.15, 0.2) is 0 Å². The zero-order chi connectivity index (χ0) is 13.1. The molecule has 4 heteroatoms. The summed E-state index contributed by atoms with van der Waals surface area (Å²) in [6.07, 6.45) is 3.08. The van der Waals surface area contributed by atoms with E-state index in [2.05, 4.69) is 23.6 Å². The average molecular weight is 244 g/mol. The van der Waals surface area contributed by atoms with E-state index in [0.29, 0.717) is 13.2 Å². The molecule has 0 rings (SSSR count). The minimum absolute atomic E-state index is 0.0920. The molecule has 0 N–H and O–H groups in total. The number of nitrogens with zero attached hydrogens (tertiary/aromatic N) is 2. The first-order valence-corrected chi connectivity index (χ1v) is 6.62. The monoisotopic (exact) mass is 244 g/mol. The van der Waals surface area contributed by atoms with Gasteiger partial charge in [0.2, 0.25) is 0 Å². The summed E-state index contributed by atoms with van der Waals surface area (Å²) in [5.74, 6) is -0.0920. The number of rotatable bonds is 10. The first kappa shape index (κ1) is 16.4. The zero-order valence-corrected chi connectivity index (χ0v) is 11.9. The van der Waals surface area contributed by atoms with Crippen molar-refractivity contribution in [3.8, 4) is 0 Å². The van der Waals surface area contributed by atoms with E-state index in [4.69, 9.17) is 4.74 Å². The normalized spacial score (nSPS) is 11.2. The van der Waals surface area contributed by atoms with Crippen molar-refractivity contribution in [2.75, 3.05) is 46.9 Å². The highest BCUT2D eigenvalue weighted by molar-refractivity contribution is 5.71. The summed E-state index contributed by atoms with van der Waals surface area (Å²) >= 11 is 0. The third-order valence-corrected chi connectivity index (χ3v) is 2.52. The van der Waals surface area contributed by atoms with Crippen LogP contribution in [0.4, 0.5) is 0 Å². The lowest BCUT2D eigenvalue weighted by molar-refractivity contribution is -0.145. The molecular weight excluding hydrogens is 216 g/mol. The smallest absolute Gasteiger partial charge is 0.320 e. The lowest BCUT2D eigenvalue weighted by atomic mass is 10.3. The summed E-state index contributed by atoms with van der Waals surface area (Å²) in [5, 5.41) is 0. The number of carbonyl (C=O) groups excluding carboxylic acids is 1. The molecule has 0 aromatic carbocycles. The van der Waals surface area contributed by atoms with Gasteiger partial charge in [-0.05, 0) is 33.5 Å². The maximum Gasteiger partial charge on any atom is 0.320 e. The minimum Gasteiger partial charge on any atom is -0.465 e. The molecule has 0 aliphatic heterocycles. The molecule has 0 aliphatic rings. The highest BCUT2D eigenvalue weighted by atomic mass is 16.5. The molecule has 0 atom stereocenters. The van der Waals surface area contributed by atoms with Crippen LogP contribution in [-0.4, -0.2) is 62.7 Å². The summed E-state index contributed by atoms with van der Waals surface area (Å²) in [6, 6.07) is 0. The van der Waals surface area contributed by atoms with Crippen LogP contribution in [0.2, 0.25) is 0 Å². The molecule has 0 bridgehead atoms. The number of likely N-dealkylation sites (N-methyl/N-ethyl adjacent to an activating group) is 1. The van der Waals surface area contributed by atoms with Crippen molar-refractivity contribution < 1.29 is 9.53 Å². The van der Waals surface area contributed by atoms with Crippen LogP contribution in [-0.2, 0) is 9.53 Å². The van der Waals surface area contributed by atoms with E-state index in [-0.39, 0.29) is 5.97 Å². The first-order valence-electron chi connectivity index (χ1n) is 6.62. The second-order valence-electron chi connectivity index (χ2n) is 4.65. The Morgan fingerprint density at radius 2 is 1.76 bits per heavy atom. The number of hydrogen-bond acceptors (Lipinski definition) is 4. The molecule has 0 fully saturated rings. The molecule has 0 aliphatic carbocycles. The van der Waals surface area contributed by atoms with E-state index in [0.717, 1.165) is 38.9 Å². The van der Waals surface area contributed by atoms with E-state index in [1.807, 2.05) is 14.1 Å². The van der Waals surface area contributed by atoms with Crippen molar-refractivity contribution in [3.05, 3.63) is 0 Å². The Kier molecular flexibility index (Phi) is 10.2. The lowest BCUT2D eigenvalue weighted by Gasteiger charge is -2.22. The van der Waals surface area contributed by atoms with Gasteiger partial charge in [0.05, 0.1) is 13.2 Å². The summed E-state index contributed by atoms with van der Waals surface area (Å²) in [7, 11) is 4.09. The molecule has 17 heavy (non-hydrogen) atoms. The van der Waals surface area contributed by atoms with Gasteiger partial charge in [-0.1, -0.05) is 20.3 Å². The van der Waals surface area contributed by atoms with Gasteiger partial charge in [0, 0.05) is 13.1 Å². The SMILES string of the molecule is CCCCOC(=O)CN(CCC)CCN(C)C. The van der Waals surface area contributed by atoms with Gasteiger partial charge in [0.25, 0.3) is 0 Å². The van der Waals surface area contributed by atoms with Gasteiger partial charge in [0.1, 0.15) is 0 Å². The Hall–Kier alpha value is -0.610. The summed E-state index contributed by atoms with van der Waals surface area (Å²) in [4.78, 5) is 15.9. The van der Waals surface area contributed by atoms with E-state index < -0.39 is 0 Å². The molecule has 0 heterocycles. The molecule has 0 aromatic rings. The Balaban J connectivity index is 3.84. The third kappa shape index (κ3) is 10.3. The standard InChI is InChI=1S/C13H28N2O2/c1-5-7-11-17-13(16)12-15(8-6-2)10-9-14(3)4/h5-12H2,1-4H3. The molecule has 0 spiro atoms. The molecule has 4 nitrogen and oxygen atoms in total. The lowest BCUT2D eigenvalue weighted by Crippen LogP contribution is -2.36. The Morgan fingerprint density at radius 3 is 2.29 bits per heavy atom. The second-order valence-corrected chi connectivity index (χ2v) is 4.65. The fourth-order valence-corrected chi connectivity index (χ4v) is 1.49. The number of esters is 1. The predicted octanol–water partition coefficient (Wildman–Crippen LogP) is 1.60. The maximum atomic E-state index is 11.6. The fraction of sp³-hybridized carbons (Fsp3) is 0.923. The van der Waals surface area contributed by atoms with E-state index in [1.54, 1.807) is 0 Å². The van der Waals surface area contributed by atoms with Crippen molar-refractivity contribution in [1.82, 2.24) is 9.80 Å². The van der Waals surface area contributed by atoms with Crippen LogP contribution in [0.25, 0.3) is 0 Å². The number of unbranched alkanes of at least 4 members (excludes halogenated alkanes) is 1. The van der Waals surface area contributed by atoms with Crippen molar-refractivity contribution in [3.63, 3.8) is 0 Å². The second kappa shape index (κ2) is 10.5. The molecule has 0 amide bonds. The zero-order valence-electron chi connectivity index (χ0n) is 11.9. The van der Waals surface area contributed by atoms with Crippen molar-refractivity contribution in [2.45, 2.75) is 33.1 Å². The number of ether oxygens (including phenoxy) is 1. The molecule has 102 valence electrons. The van der Waals surface area contributed by atoms with E-state index in [1.165, 1.54) is 0 Å². The number of hydrogen-bond donors (Lipinski definition) is 0. The average Bonchev–Trinajstić information content (AvgIpc) is 2.26. The molecule has 0 aromatic heterocycles. The topological polar surface area (TPSA) is 32.8 Å². The van der Waals surface area contributed by atoms with Gasteiger partial charge in [-0.2, -0.15) is 0 Å². The summed E-state index contributed by atoms with van der Waals surface area (Å²) < 4.78 is 5.17. The predicted molar refractivity (Wildman–Crippen MR) is 71.2 cm³/mol. The van der Waals surface area contributed by atoms with E-state index >= 15 is 0 Å². The summed E-state index contributed by atoms with van der Waals surface area (Å²) in [5.41, 5.74) is 0. The highest BCUT2D eigenvalue weighted by Gasteiger charge is 2.10. The van der Waals surface area contributed by atoms with Crippen LogP contribution in [0.5, 0.6) is 0 Å². The minimum atomic E-state index is -0.0920. The van der Waals surface area contributed by atoms with Gasteiger partial charge in [-0.3, -0.25) is 9.69 Å². The maximum absolute atomic E-state index is 11.6. The van der Waals surface area contributed by atoms with Crippen LogP contribution in [0, 0.1) is 0 Å². The van der Waals surface area contributed by atoms with Crippen LogP contribution in [0.3, 0.4) is 0 Å². The largest absolute Gasteiger partial charge is 0.465 e. The van der Waals surface area contributed by atoms with Gasteiger partial charge in [-0.15, -0.1) is 0 Å². The van der Waals surface area contributed by atoms with Gasteiger partial charge in [0.15, 0.2) is 0 Å². The third-order valence-electron chi connectivity index (χ3n) is 2.52. The number of carbonyl (C=O) groups is 1. The molecular formula is C13H28N2O2. The Morgan fingerprint density at radius 1 is 1.06 bits per heavy atom. The van der Waals surface area contributed by atoms with Crippen molar-refractivity contribution in [1.29, 1.82) is 0 Å². The molecule has 0 unspecified atom stereocenters.